The molecular formula is C12H19NO2. The molecule has 0 aliphatic carbocycles. The van der Waals surface area contributed by atoms with Crippen molar-refractivity contribution in [2.24, 2.45) is 5.92 Å². The third-order valence-electron chi connectivity index (χ3n) is 2.21. The average molecular weight is 209 g/mol. The molecule has 0 aliphatic heterocycles. The molecule has 0 aliphatic rings. The van der Waals surface area contributed by atoms with Crippen molar-refractivity contribution in [1.82, 2.24) is 4.98 Å². The van der Waals surface area contributed by atoms with E-state index in [1.165, 1.54) is 6.42 Å². The Kier molecular flexibility index (Phi) is 5.12. The van der Waals surface area contributed by atoms with Crippen LogP contribution in [0.4, 0.5) is 0 Å². The van der Waals surface area contributed by atoms with Gasteiger partial charge >= 0.3 is 0 Å². The molecule has 1 aromatic rings. The summed E-state index contributed by atoms with van der Waals surface area (Å²) in [5.74, 6) is 1.46. The van der Waals surface area contributed by atoms with Crippen molar-refractivity contribution in [2.75, 3.05) is 6.61 Å². The summed E-state index contributed by atoms with van der Waals surface area (Å²) in [6, 6.07) is 1.79. The fraction of sp³-hybridized carbons (Fsp3) is 0.583. The lowest BCUT2D eigenvalue weighted by Gasteiger charge is -2.10. The van der Waals surface area contributed by atoms with Gasteiger partial charge in [-0.1, -0.05) is 13.8 Å². The Hall–Kier alpha value is -1.09. The summed E-state index contributed by atoms with van der Waals surface area (Å²) >= 11 is 0. The Morgan fingerprint density at radius 3 is 2.93 bits per heavy atom. The Morgan fingerprint density at radius 1 is 1.47 bits per heavy atom. The lowest BCUT2D eigenvalue weighted by molar-refractivity contribution is 0.257. The van der Waals surface area contributed by atoms with Crippen molar-refractivity contribution >= 4 is 0 Å². The van der Waals surface area contributed by atoms with E-state index in [1.54, 1.807) is 18.5 Å². The predicted molar refractivity (Wildman–Crippen MR) is 59.7 cm³/mol. The molecule has 0 spiro atoms. The summed E-state index contributed by atoms with van der Waals surface area (Å²) in [7, 11) is 0. The topological polar surface area (TPSA) is 42.4 Å². The van der Waals surface area contributed by atoms with Crippen LogP contribution in [0.1, 0.15) is 32.3 Å². The molecule has 0 amide bonds. The highest BCUT2D eigenvalue weighted by Crippen LogP contribution is 2.16. The first-order chi connectivity index (χ1) is 7.24. The van der Waals surface area contributed by atoms with Gasteiger partial charge in [-0.05, 0) is 24.8 Å². The van der Waals surface area contributed by atoms with Gasteiger partial charge in [-0.25, -0.2) is 0 Å². The second kappa shape index (κ2) is 6.40. The van der Waals surface area contributed by atoms with Gasteiger partial charge in [-0.2, -0.15) is 0 Å². The molecule has 1 rings (SSSR count). The summed E-state index contributed by atoms with van der Waals surface area (Å²) in [6.07, 6.45) is 5.53. The molecule has 0 unspecified atom stereocenters. The fourth-order valence-electron chi connectivity index (χ4n) is 1.35. The van der Waals surface area contributed by atoms with Gasteiger partial charge in [-0.3, -0.25) is 4.98 Å². The quantitative estimate of drug-likeness (QED) is 0.731. The molecule has 0 saturated heterocycles. The van der Waals surface area contributed by atoms with E-state index in [0.29, 0.717) is 12.5 Å². The number of aliphatic hydroxyl groups is 1. The van der Waals surface area contributed by atoms with Crippen LogP contribution in [-0.2, 0) is 6.61 Å². The van der Waals surface area contributed by atoms with Gasteiger partial charge in [0.25, 0.3) is 0 Å². The average Bonchev–Trinajstić information content (AvgIpc) is 2.24. The van der Waals surface area contributed by atoms with Crippen molar-refractivity contribution in [3.8, 4) is 5.75 Å². The van der Waals surface area contributed by atoms with Crippen LogP contribution in [0.25, 0.3) is 0 Å². The molecule has 0 fully saturated rings. The third kappa shape index (κ3) is 4.30. The molecule has 0 aromatic carbocycles. The Bertz CT molecular complexity index is 287. The number of ether oxygens (including phenoxy) is 1. The van der Waals surface area contributed by atoms with Crippen LogP contribution in [-0.4, -0.2) is 16.7 Å². The fourth-order valence-corrected chi connectivity index (χ4v) is 1.35. The largest absolute Gasteiger partial charge is 0.493 e. The van der Waals surface area contributed by atoms with E-state index in [0.717, 1.165) is 17.7 Å². The van der Waals surface area contributed by atoms with Gasteiger partial charge in [0.15, 0.2) is 0 Å². The first kappa shape index (κ1) is 12.0. The van der Waals surface area contributed by atoms with E-state index >= 15 is 0 Å². The zero-order valence-corrected chi connectivity index (χ0v) is 9.44. The number of pyridine rings is 1. The number of nitrogens with zero attached hydrogens (tertiary/aromatic N) is 1. The maximum atomic E-state index is 9.04. The highest BCUT2D eigenvalue weighted by Gasteiger charge is 2.02. The zero-order valence-electron chi connectivity index (χ0n) is 9.44. The maximum Gasteiger partial charge on any atom is 0.127 e. The second-order valence-electron chi connectivity index (χ2n) is 4.03. The minimum atomic E-state index is -0.0205. The van der Waals surface area contributed by atoms with Crippen LogP contribution >= 0.6 is 0 Å². The Balaban J connectivity index is 2.36. The van der Waals surface area contributed by atoms with Crippen molar-refractivity contribution in [3.05, 3.63) is 24.0 Å². The molecule has 3 nitrogen and oxygen atoms in total. The molecule has 15 heavy (non-hydrogen) atoms. The van der Waals surface area contributed by atoms with E-state index in [2.05, 4.69) is 18.8 Å². The highest BCUT2D eigenvalue weighted by atomic mass is 16.5. The summed E-state index contributed by atoms with van der Waals surface area (Å²) in [6.45, 7) is 5.08. The molecule has 1 N–H and O–H groups in total. The molecular weight excluding hydrogens is 190 g/mol. The van der Waals surface area contributed by atoms with Crippen LogP contribution in [0.5, 0.6) is 5.75 Å². The normalized spacial score (nSPS) is 10.7. The van der Waals surface area contributed by atoms with Crippen molar-refractivity contribution < 1.29 is 9.84 Å². The Labute approximate surface area is 91.1 Å². The molecule has 1 heterocycles. The number of aromatic nitrogens is 1. The molecule has 3 heteroatoms. The summed E-state index contributed by atoms with van der Waals surface area (Å²) in [5, 5.41) is 9.04. The van der Waals surface area contributed by atoms with Crippen LogP contribution in [0.2, 0.25) is 0 Å². The SMILES string of the molecule is CC(C)CCCOc1ccncc1CO. The Morgan fingerprint density at radius 2 is 2.27 bits per heavy atom. The monoisotopic (exact) mass is 209 g/mol. The van der Waals surface area contributed by atoms with Gasteiger partial charge in [0.2, 0.25) is 0 Å². The van der Waals surface area contributed by atoms with Crippen LogP contribution < -0.4 is 4.74 Å². The van der Waals surface area contributed by atoms with E-state index in [1.807, 2.05) is 0 Å². The minimum Gasteiger partial charge on any atom is -0.493 e. The number of hydrogen-bond donors (Lipinski definition) is 1. The van der Waals surface area contributed by atoms with Gasteiger partial charge < -0.3 is 9.84 Å². The molecule has 0 atom stereocenters. The third-order valence-corrected chi connectivity index (χ3v) is 2.21. The predicted octanol–water partition coefficient (Wildman–Crippen LogP) is 2.39. The van der Waals surface area contributed by atoms with Crippen molar-refractivity contribution in [1.29, 1.82) is 0 Å². The molecule has 0 radical (unpaired) electrons. The molecule has 84 valence electrons. The maximum absolute atomic E-state index is 9.04. The van der Waals surface area contributed by atoms with Gasteiger partial charge in [0.1, 0.15) is 5.75 Å². The van der Waals surface area contributed by atoms with E-state index in [-0.39, 0.29) is 6.61 Å². The van der Waals surface area contributed by atoms with Crippen LogP contribution in [0, 0.1) is 5.92 Å². The van der Waals surface area contributed by atoms with Crippen molar-refractivity contribution in [2.45, 2.75) is 33.3 Å². The van der Waals surface area contributed by atoms with Crippen LogP contribution in [0.15, 0.2) is 18.5 Å². The second-order valence-corrected chi connectivity index (χ2v) is 4.03. The first-order valence-corrected chi connectivity index (χ1v) is 5.40. The molecule has 0 bridgehead atoms. The van der Waals surface area contributed by atoms with Crippen LogP contribution in [0.3, 0.4) is 0 Å². The van der Waals surface area contributed by atoms with E-state index in [9.17, 15) is 0 Å². The number of rotatable bonds is 6. The van der Waals surface area contributed by atoms with Gasteiger partial charge in [0.05, 0.1) is 13.2 Å². The van der Waals surface area contributed by atoms with E-state index < -0.39 is 0 Å². The van der Waals surface area contributed by atoms with Gasteiger partial charge in [-0.15, -0.1) is 0 Å². The molecule has 0 saturated carbocycles. The lowest BCUT2D eigenvalue weighted by atomic mass is 10.1. The molecule has 1 aromatic heterocycles. The summed E-state index contributed by atoms with van der Waals surface area (Å²) < 4.78 is 5.58. The minimum absolute atomic E-state index is 0.0205. The first-order valence-electron chi connectivity index (χ1n) is 5.40. The smallest absolute Gasteiger partial charge is 0.127 e. The highest BCUT2D eigenvalue weighted by molar-refractivity contribution is 5.29. The number of aliphatic hydroxyl groups excluding tert-OH is 1. The summed E-state index contributed by atoms with van der Waals surface area (Å²) in [5.41, 5.74) is 0.752. The van der Waals surface area contributed by atoms with Crippen molar-refractivity contribution in [3.63, 3.8) is 0 Å². The lowest BCUT2D eigenvalue weighted by Crippen LogP contribution is -2.02. The standard InChI is InChI=1S/C12H19NO2/c1-10(2)4-3-7-15-12-5-6-13-8-11(12)9-14/h5-6,8,10,14H,3-4,7,9H2,1-2H3. The van der Waals surface area contributed by atoms with Gasteiger partial charge in [0, 0.05) is 18.0 Å². The number of hydrogen-bond acceptors (Lipinski definition) is 3. The summed E-state index contributed by atoms with van der Waals surface area (Å²) in [4.78, 5) is 3.93. The zero-order chi connectivity index (χ0) is 11.1. The van der Waals surface area contributed by atoms with E-state index in [4.69, 9.17) is 9.84 Å².